The van der Waals surface area contributed by atoms with Gasteiger partial charge in [0.25, 0.3) is 9.03 Å². The SMILES string of the molecule is CCCCc1ccccc1-c1ccc(-c2ccccc2)c(-c2ccccc2CCCC)c1OPOc1c(-c2ccccc2CCCC)ccc(-c2ccccc2)c1-c1ccccc1CCCC. The monoisotopic (exact) mass is 898 g/mol. The Labute approximate surface area is 403 Å². The highest BCUT2D eigenvalue weighted by Crippen LogP contribution is 2.52. The molecule has 3 heteroatoms. The molecular formula is C64H67O2P. The molecule has 0 fully saturated rings. The third-order valence-electron chi connectivity index (χ3n) is 13.2. The zero-order valence-corrected chi connectivity index (χ0v) is 41.1. The van der Waals surface area contributed by atoms with Gasteiger partial charge in [0.15, 0.2) is 0 Å². The highest BCUT2D eigenvalue weighted by molar-refractivity contribution is 7.27. The molecule has 0 spiro atoms. The van der Waals surface area contributed by atoms with Crippen molar-refractivity contribution < 1.29 is 9.05 Å². The van der Waals surface area contributed by atoms with Crippen LogP contribution in [0.4, 0.5) is 0 Å². The van der Waals surface area contributed by atoms with Crippen LogP contribution >= 0.6 is 9.03 Å². The first-order valence-electron chi connectivity index (χ1n) is 25.0. The molecule has 0 aliphatic heterocycles. The molecule has 0 aromatic heterocycles. The first-order chi connectivity index (χ1) is 33.1. The summed E-state index contributed by atoms with van der Waals surface area (Å²) in [5.41, 5.74) is 19.2. The first-order valence-corrected chi connectivity index (χ1v) is 25.8. The predicted octanol–water partition coefficient (Wildman–Crippen LogP) is 19.0. The van der Waals surface area contributed by atoms with Crippen LogP contribution < -0.4 is 9.05 Å². The summed E-state index contributed by atoms with van der Waals surface area (Å²) < 4.78 is 15.0. The molecular weight excluding hydrogens is 832 g/mol. The molecule has 8 aromatic carbocycles. The Balaban J connectivity index is 1.38. The van der Waals surface area contributed by atoms with Crippen LogP contribution in [0.3, 0.4) is 0 Å². The van der Waals surface area contributed by atoms with Crippen molar-refractivity contribution in [2.75, 3.05) is 0 Å². The number of rotatable bonds is 22. The van der Waals surface area contributed by atoms with Crippen molar-refractivity contribution in [3.05, 3.63) is 204 Å². The van der Waals surface area contributed by atoms with Gasteiger partial charge in [-0.25, -0.2) is 0 Å². The molecule has 0 amide bonds. The first kappa shape index (κ1) is 47.3. The standard InChI is InChI=1S/C64H67O2P/c1-5-9-27-47-35-19-23-39-53(47)59-45-43-57(51-31-15-13-16-32-51)61(55-41-25-21-37-49(55)29-11-7-3)63(59)65-67-66-64-60(54-40-24-20-36-48(54)28-10-6-2)46-44-58(52-33-17-14-18-34-52)62(64)56-42-26-22-38-50(56)30-12-8-4/h13-26,31-46,67H,5-12,27-30H2,1-4H3. The largest absolute Gasteiger partial charge is 0.439 e. The van der Waals surface area contributed by atoms with Gasteiger partial charge < -0.3 is 9.05 Å². The minimum atomic E-state index is -0.349. The number of aryl methyl sites for hydroxylation is 4. The quantitative estimate of drug-likeness (QED) is 0.0631. The second-order valence-corrected chi connectivity index (χ2v) is 18.4. The highest BCUT2D eigenvalue weighted by Gasteiger charge is 2.26. The van der Waals surface area contributed by atoms with Gasteiger partial charge in [0.1, 0.15) is 11.5 Å². The van der Waals surface area contributed by atoms with Crippen LogP contribution in [-0.2, 0) is 25.7 Å². The van der Waals surface area contributed by atoms with E-state index in [1.54, 1.807) is 0 Å². The van der Waals surface area contributed by atoms with Gasteiger partial charge in [-0.1, -0.05) is 223 Å². The molecule has 0 N–H and O–H groups in total. The third kappa shape index (κ3) is 11.2. The lowest BCUT2D eigenvalue weighted by atomic mass is 9.85. The Hall–Kier alpha value is -6.21. The van der Waals surface area contributed by atoms with Crippen molar-refractivity contribution in [2.45, 2.75) is 105 Å². The van der Waals surface area contributed by atoms with E-state index >= 15 is 0 Å². The van der Waals surface area contributed by atoms with Crippen molar-refractivity contribution in [2.24, 2.45) is 0 Å². The minimum absolute atomic E-state index is 0.349. The Morgan fingerprint density at radius 2 is 0.567 bits per heavy atom. The van der Waals surface area contributed by atoms with Crippen molar-refractivity contribution in [1.82, 2.24) is 0 Å². The number of benzene rings is 8. The maximum atomic E-state index is 7.49. The lowest BCUT2D eigenvalue weighted by Gasteiger charge is -2.25. The molecule has 8 aromatic rings. The molecule has 340 valence electrons. The van der Waals surface area contributed by atoms with Crippen molar-refractivity contribution >= 4 is 9.03 Å². The van der Waals surface area contributed by atoms with E-state index in [9.17, 15) is 0 Å². The molecule has 0 atom stereocenters. The summed E-state index contributed by atoms with van der Waals surface area (Å²) in [4.78, 5) is 0. The van der Waals surface area contributed by atoms with Crippen LogP contribution in [0.1, 0.15) is 101 Å². The molecule has 2 nitrogen and oxygen atoms in total. The Morgan fingerprint density at radius 3 is 0.910 bits per heavy atom. The number of hydrogen-bond acceptors (Lipinski definition) is 2. The summed E-state index contributed by atoms with van der Waals surface area (Å²) in [6.45, 7) is 9.10. The molecule has 0 aliphatic rings. The van der Waals surface area contributed by atoms with Crippen molar-refractivity contribution in [3.63, 3.8) is 0 Å². The zero-order valence-electron chi connectivity index (χ0n) is 40.1. The van der Waals surface area contributed by atoms with E-state index in [0.717, 1.165) is 133 Å². The van der Waals surface area contributed by atoms with Gasteiger partial charge >= 0.3 is 0 Å². The smallest absolute Gasteiger partial charge is 0.275 e. The molecule has 8 rings (SSSR count). The van der Waals surface area contributed by atoms with Gasteiger partial charge in [-0.15, -0.1) is 0 Å². The van der Waals surface area contributed by atoms with E-state index < -0.39 is 0 Å². The van der Waals surface area contributed by atoms with Crippen molar-refractivity contribution in [3.8, 4) is 78.3 Å². The Bertz CT molecular complexity index is 2630. The maximum absolute atomic E-state index is 7.49. The molecule has 0 aliphatic carbocycles. The third-order valence-corrected chi connectivity index (χ3v) is 13.7. The van der Waals surface area contributed by atoms with Crippen LogP contribution in [0.5, 0.6) is 11.5 Å². The average Bonchev–Trinajstić information content (AvgIpc) is 3.39. The fourth-order valence-electron chi connectivity index (χ4n) is 9.59. The fraction of sp³-hybridized carbons (Fsp3) is 0.250. The zero-order chi connectivity index (χ0) is 46.2. The minimum Gasteiger partial charge on any atom is -0.439 e. The molecule has 0 radical (unpaired) electrons. The van der Waals surface area contributed by atoms with Gasteiger partial charge in [-0.3, -0.25) is 0 Å². The lowest BCUT2D eigenvalue weighted by molar-refractivity contribution is 0.520. The molecule has 67 heavy (non-hydrogen) atoms. The van der Waals surface area contributed by atoms with E-state index in [4.69, 9.17) is 9.05 Å². The van der Waals surface area contributed by atoms with Crippen LogP contribution in [0, 0.1) is 0 Å². The van der Waals surface area contributed by atoms with E-state index in [1.165, 1.54) is 44.5 Å². The fourth-order valence-corrected chi connectivity index (χ4v) is 10.2. The van der Waals surface area contributed by atoms with E-state index in [1.807, 2.05) is 0 Å². The van der Waals surface area contributed by atoms with E-state index in [-0.39, 0.29) is 9.03 Å². The second-order valence-electron chi connectivity index (χ2n) is 17.8. The predicted molar refractivity (Wildman–Crippen MR) is 290 cm³/mol. The molecule has 0 saturated carbocycles. The molecule has 0 saturated heterocycles. The van der Waals surface area contributed by atoms with Gasteiger partial charge in [0.2, 0.25) is 0 Å². The van der Waals surface area contributed by atoms with Gasteiger partial charge in [-0.2, -0.15) is 0 Å². The molecule has 0 bridgehead atoms. The summed E-state index contributed by atoms with van der Waals surface area (Å²) in [6, 6.07) is 66.7. The average molecular weight is 899 g/mol. The normalized spacial score (nSPS) is 11.2. The summed E-state index contributed by atoms with van der Waals surface area (Å²) in [6.07, 6.45) is 13.0. The van der Waals surface area contributed by atoms with Gasteiger partial charge in [-0.05, 0) is 130 Å². The molecule has 0 heterocycles. The topological polar surface area (TPSA) is 18.5 Å². The summed E-state index contributed by atoms with van der Waals surface area (Å²) in [5.74, 6) is 1.73. The highest BCUT2D eigenvalue weighted by atomic mass is 31.1. The van der Waals surface area contributed by atoms with Gasteiger partial charge in [0, 0.05) is 22.3 Å². The van der Waals surface area contributed by atoms with E-state index in [0.29, 0.717) is 0 Å². The number of hydrogen-bond donors (Lipinski definition) is 0. The van der Waals surface area contributed by atoms with Crippen LogP contribution in [0.25, 0.3) is 66.8 Å². The van der Waals surface area contributed by atoms with E-state index in [2.05, 4.69) is 210 Å². The summed E-state index contributed by atoms with van der Waals surface area (Å²) >= 11 is 0. The second kappa shape index (κ2) is 24.0. The summed E-state index contributed by atoms with van der Waals surface area (Å²) in [7, 11) is -0.349. The van der Waals surface area contributed by atoms with Gasteiger partial charge in [0.05, 0.1) is 0 Å². The van der Waals surface area contributed by atoms with Crippen molar-refractivity contribution in [1.29, 1.82) is 0 Å². The molecule has 0 unspecified atom stereocenters. The summed E-state index contributed by atoms with van der Waals surface area (Å²) in [5, 5.41) is 0. The van der Waals surface area contributed by atoms with Crippen LogP contribution in [0.15, 0.2) is 182 Å². The number of unbranched alkanes of at least 4 members (excludes halogenated alkanes) is 4. The van der Waals surface area contributed by atoms with Crippen LogP contribution in [0.2, 0.25) is 0 Å². The Morgan fingerprint density at radius 1 is 0.284 bits per heavy atom. The lowest BCUT2D eigenvalue weighted by Crippen LogP contribution is -2.01. The Kier molecular flexibility index (Phi) is 16.9. The van der Waals surface area contributed by atoms with Crippen LogP contribution in [-0.4, -0.2) is 0 Å². The maximum Gasteiger partial charge on any atom is 0.275 e.